The summed E-state index contributed by atoms with van der Waals surface area (Å²) in [4.78, 5) is 24.2. The number of urea groups is 1. The lowest BCUT2D eigenvalue weighted by Gasteiger charge is -2.50. The van der Waals surface area contributed by atoms with E-state index in [9.17, 15) is 23.7 Å². The monoisotopic (exact) mass is 361 g/mol. The molecule has 2 amide bonds. The molecular weight excluding hydrogens is 348 g/mol. The quantitative estimate of drug-likeness (QED) is 0.654. The van der Waals surface area contributed by atoms with Crippen molar-refractivity contribution in [1.82, 2.24) is 5.32 Å². The third-order valence-electron chi connectivity index (χ3n) is 4.62. The van der Waals surface area contributed by atoms with Gasteiger partial charge in [-0.05, 0) is 25.1 Å². The maximum atomic E-state index is 14.2. The number of anilines is 1. The van der Waals surface area contributed by atoms with Gasteiger partial charge in [0.15, 0.2) is 5.72 Å². The number of hydrogen-bond donors (Lipinski definition) is 1. The Morgan fingerprint density at radius 3 is 2.77 bits per heavy atom. The molecule has 9 heteroatoms. The molecule has 4 rings (SSSR count). The second kappa shape index (κ2) is 5.38. The van der Waals surface area contributed by atoms with Crippen molar-refractivity contribution in [2.45, 2.75) is 25.1 Å². The number of carbonyl (C=O) groups excluding carboxylic acids is 1. The van der Waals surface area contributed by atoms with Gasteiger partial charge in [-0.1, -0.05) is 0 Å². The molecule has 2 bridgehead atoms. The number of hydrogen-bond acceptors (Lipinski definition) is 4. The van der Waals surface area contributed by atoms with E-state index in [0.717, 1.165) is 11.0 Å². The van der Waals surface area contributed by atoms with E-state index in [0.29, 0.717) is 17.4 Å². The Morgan fingerprint density at radius 1 is 1.31 bits per heavy atom. The van der Waals surface area contributed by atoms with Crippen molar-refractivity contribution in [2.24, 2.45) is 0 Å². The maximum Gasteiger partial charge on any atom is 0.325 e. The first-order valence-electron chi connectivity index (χ1n) is 7.82. The average Bonchev–Trinajstić information content (AvgIpc) is 2.55. The van der Waals surface area contributed by atoms with Gasteiger partial charge in [0.1, 0.15) is 17.4 Å². The minimum Gasteiger partial charge on any atom is -0.467 e. The number of nitro benzene ring substituents is 1. The Hall–Kier alpha value is -3.23. The van der Waals surface area contributed by atoms with Gasteiger partial charge in [-0.25, -0.2) is 13.6 Å². The van der Waals surface area contributed by atoms with E-state index in [1.165, 1.54) is 24.3 Å². The van der Waals surface area contributed by atoms with Crippen LogP contribution in [0.25, 0.3) is 0 Å². The minimum atomic E-state index is -1.23. The third kappa shape index (κ3) is 2.35. The predicted molar refractivity (Wildman–Crippen MR) is 86.9 cm³/mol. The molecule has 26 heavy (non-hydrogen) atoms. The zero-order valence-corrected chi connectivity index (χ0v) is 13.5. The van der Waals surface area contributed by atoms with Crippen LogP contribution in [0.2, 0.25) is 0 Å². The number of fused-ring (bicyclic) bond motifs is 4. The number of nitro groups is 1. The number of non-ortho nitro benzene ring substituents is 1. The fourth-order valence-corrected chi connectivity index (χ4v) is 3.50. The van der Waals surface area contributed by atoms with Crippen LogP contribution < -0.4 is 15.0 Å². The number of nitrogens with one attached hydrogen (secondary N) is 1. The Morgan fingerprint density at radius 2 is 2.08 bits per heavy atom. The summed E-state index contributed by atoms with van der Waals surface area (Å²) in [5.74, 6) is -1.28. The number of benzene rings is 2. The highest BCUT2D eigenvalue weighted by Gasteiger charge is 2.50. The maximum absolute atomic E-state index is 14.2. The lowest BCUT2D eigenvalue weighted by molar-refractivity contribution is -0.385. The van der Waals surface area contributed by atoms with Gasteiger partial charge in [0, 0.05) is 30.2 Å². The summed E-state index contributed by atoms with van der Waals surface area (Å²) in [7, 11) is 0. The van der Waals surface area contributed by atoms with Gasteiger partial charge in [0.2, 0.25) is 0 Å². The van der Waals surface area contributed by atoms with E-state index in [2.05, 4.69) is 5.32 Å². The molecule has 2 aromatic carbocycles. The van der Waals surface area contributed by atoms with E-state index in [-0.39, 0.29) is 17.8 Å². The molecule has 1 fully saturated rings. The first-order valence-corrected chi connectivity index (χ1v) is 7.82. The van der Waals surface area contributed by atoms with Crippen LogP contribution in [0.1, 0.15) is 24.9 Å². The van der Waals surface area contributed by atoms with Crippen molar-refractivity contribution in [1.29, 1.82) is 0 Å². The van der Waals surface area contributed by atoms with Gasteiger partial charge in [-0.2, -0.15) is 0 Å². The normalized spacial score (nSPS) is 23.7. The molecule has 2 aliphatic heterocycles. The highest BCUT2D eigenvalue weighted by molar-refractivity contribution is 5.95. The standard InChI is InChI=1S/C17H13F2N3O4/c1-17-8-13(11-7-10(22(24)25)3-5-15(11)26-17)20-16(23)21(17)14-4-2-9(18)6-12(14)19/h2-7,13H,8H2,1H3,(H,20,23)/t13-,17+/m0/s1. The largest absolute Gasteiger partial charge is 0.467 e. The highest BCUT2D eigenvalue weighted by Crippen LogP contribution is 2.46. The number of nitrogens with zero attached hydrogens (tertiary/aromatic N) is 2. The number of rotatable bonds is 2. The smallest absolute Gasteiger partial charge is 0.325 e. The summed E-state index contributed by atoms with van der Waals surface area (Å²) in [6.45, 7) is 1.62. The Balaban J connectivity index is 1.79. The summed E-state index contributed by atoms with van der Waals surface area (Å²) in [5, 5.41) is 13.7. The Labute approximate surface area is 146 Å². The lowest BCUT2D eigenvalue weighted by Crippen LogP contribution is -2.65. The SMILES string of the molecule is C[C@@]12C[C@H](NC(=O)N1c1ccc(F)cc1F)c1cc([N+](=O)[O-])ccc1O2. The molecule has 0 spiro atoms. The van der Waals surface area contributed by atoms with Crippen LogP contribution in [0.15, 0.2) is 36.4 Å². The highest BCUT2D eigenvalue weighted by atomic mass is 19.1. The molecule has 2 aromatic rings. The molecule has 1 N–H and O–H groups in total. The van der Waals surface area contributed by atoms with Crippen LogP contribution in [0.4, 0.5) is 25.0 Å². The first-order chi connectivity index (χ1) is 12.3. The number of carbonyl (C=O) groups is 1. The topological polar surface area (TPSA) is 84.7 Å². The molecule has 1 saturated heterocycles. The molecule has 2 aliphatic rings. The molecule has 0 radical (unpaired) electrons. The summed E-state index contributed by atoms with van der Waals surface area (Å²) in [6, 6.07) is 5.88. The second-order valence-corrected chi connectivity index (χ2v) is 6.39. The van der Waals surface area contributed by atoms with Gasteiger partial charge in [0.25, 0.3) is 5.69 Å². The van der Waals surface area contributed by atoms with Crippen LogP contribution >= 0.6 is 0 Å². The van der Waals surface area contributed by atoms with E-state index >= 15 is 0 Å². The van der Waals surface area contributed by atoms with Crippen molar-refractivity contribution in [3.05, 3.63) is 63.7 Å². The molecule has 134 valence electrons. The molecule has 2 atom stereocenters. The fourth-order valence-electron chi connectivity index (χ4n) is 3.50. The van der Waals surface area contributed by atoms with Crippen molar-refractivity contribution >= 4 is 17.4 Å². The Bertz CT molecular complexity index is 952. The van der Waals surface area contributed by atoms with E-state index < -0.39 is 34.4 Å². The minimum absolute atomic E-state index is 0.114. The molecule has 0 aromatic heterocycles. The van der Waals surface area contributed by atoms with Crippen LogP contribution in [-0.2, 0) is 0 Å². The van der Waals surface area contributed by atoms with E-state index in [1.807, 2.05) is 0 Å². The second-order valence-electron chi connectivity index (χ2n) is 6.39. The summed E-state index contributed by atoms with van der Waals surface area (Å²) < 4.78 is 33.4. The number of ether oxygens (including phenoxy) is 1. The third-order valence-corrected chi connectivity index (χ3v) is 4.62. The van der Waals surface area contributed by atoms with Crippen LogP contribution in [0, 0.1) is 21.7 Å². The molecule has 0 aliphatic carbocycles. The summed E-state index contributed by atoms with van der Waals surface area (Å²) in [6.07, 6.45) is 0.240. The van der Waals surface area contributed by atoms with Crippen molar-refractivity contribution in [3.63, 3.8) is 0 Å². The van der Waals surface area contributed by atoms with Gasteiger partial charge in [-0.3, -0.25) is 15.0 Å². The molecule has 7 nitrogen and oxygen atoms in total. The average molecular weight is 361 g/mol. The molecule has 0 unspecified atom stereocenters. The molecule has 0 saturated carbocycles. The fraction of sp³-hybridized carbons (Fsp3) is 0.235. The van der Waals surface area contributed by atoms with Crippen LogP contribution in [0.3, 0.4) is 0 Å². The van der Waals surface area contributed by atoms with Crippen molar-refractivity contribution < 1.29 is 23.2 Å². The lowest BCUT2D eigenvalue weighted by atomic mass is 9.90. The summed E-state index contributed by atoms with van der Waals surface area (Å²) in [5.41, 5.74) is -0.967. The van der Waals surface area contributed by atoms with E-state index in [4.69, 9.17) is 4.74 Å². The predicted octanol–water partition coefficient (Wildman–Crippen LogP) is 3.64. The van der Waals surface area contributed by atoms with Gasteiger partial charge < -0.3 is 10.1 Å². The molecular formula is C17H13F2N3O4. The van der Waals surface area contributed by atoms with Gasteiger partial charge >= 0.3 is 6.03 Å². The van der Waals surface area contributed by atoms with E-state index in [1.54, 1.807) is 6.92 Å². The van der Waals surface area contributed by atoms with Crippen molar-refractivity contribution in [2.75, 3.05) is 4.90 Å². The van der Waals surface area contributed by atoms with Gasteiger partial charge in [-0.15, -0.1) is 0 Å². The number of halogens is 2. The van der Waals surface area contributed by atoms with Crippen LogP contribution in [-0.4, -0.2) is 16.7 Å². The zero-order valence-electron chi connectivity index (χ0n) is 13.5. The van der Waals surface area contributed by atoms with Crippen molar-refractivity contribution in [3.8, 4) is 5.75 Å². The number of amides is 2. The molecule has 2 heterocycles. The zero-order chi connectivity index (χ0) is 18.6. The Kier molecular flexibility index (Phi) is 3.36. The van der Waals surface area contributed by atoms with Gasteiger partial charge in [0.05, 0.1) is 16.7 Å². The summed E-state index contributed by atoms with van der Waals surface area (Å²) >= 11 is 0. The van der Waals surface area contributed by atoms with Crippen LogP contribution in [0.5, 0.6) is 5.75 Å². The first kappa shape index (κ1) is 16.2.